The number of hydrogen-bond donors (Lipinski definition) is 3. The lowest BCUT2D eigenvalue weighted by Crippen LogP contribution is -2.34. The van der Waals surface area contributed by atoms with Crippen LogP contribution in [0.5, 0.6) is 0 Å². The molecule has 2 aromatic carbocycles. The molecule has 10 heteroatoms. The Morgan fingerprint density at radius 3 is 2.22 bits per heavy atom. The van der Waals surface area contributed by atoms with E-state index < -0.39 is 15.9 Å². The second kappa shape index (κ2) is 9.48. The molecule has 27 heavy (non-hydrogen) atoms. The van der Waals surface area contributed by atoms with Crippen molar-refractivity contribution in [2.45, 2.75) is 18.2 Å². The Balaban J connectivity index is 2.00. The van der Waals surface area contributed by atoms with Crippen LogP contribution in [0.3, 0.4) is 0 Å². The number of benzene rings is 2. The third-order valence-electron chi connectivity index (χ3n) is 3.32. The van der Waals surface area contributed by atoms with Gasteiger partial charge in [0, 0.05) is 27.8 Å². The van der Waals surface area contributed by atoms with E-state index in [1.165, 1.54) is 30.3 Å². The third kappa shape index (κ3) is 6.44. The van der Waals surface area contributed by atoms with E-state index in [-0.39, 0.29) is 15.6 Å². The highest BCUT2D eigenvalue weighted by Crippen LogP contribution is 2.19. The highest BCUT2D eigenvalue weighted by atomic mass is 35.5. The fourth-order valence-corrected chi connectivity index (χ4v) is 3.93. The SMILES string of the molecule is CCCNS(=O)(=O)c1ccc(NC(=S)NC(=O)c2cc(Cl)cc(Cl)c2)cc1. The van der Waals surface area contributed by atoms with Gasteiger partial charge in [0.1, 0.15) is 0 Å². The van der Waals surface area contributed by atoms with Crippen LogP contribution < -0.4 is 15.4 Å². The summed E-state index contributed by atoms with van der Waals surface area (Å²) in [6.45, 7) is 2.24. The van der Waals surface area contributed by atoms with E-state index >= 15 is 0 Å². The highest BCUT2D eigenvalue weighted by molar-refractivity contribution is 7.89. The fourth-order valence-electron chi connectivity index (χ4n) is 2.06. The maximum atomic E-state index is 12.2. The van der Waals surface area contributed by atoms with Crippen LogP contribution in [-0.2, 0) is 10.0 Å². The van der Waals surface area contributed by atoms with Crippen LogP contribution in [0, 0.1) is 0 Å². The summed E-state index contributed by atoms with van der Waals surface area (Å²) < 4.78 is 26.6. The van der Waals surface area contributed by atoms with Gasteiger partial charge in [-0.2, -0.15) is 0 Å². The number of rotatable bonds is 6. The molecule has 0 radical (unpaired) electrons. The van der Waals surface area contributed by atoms with E-state index in [2.05, 4.69) is 15.4 Å². The van der Waals surface area contributed by atoms with Crippen molar-refractivity contribution in [3.8, 4) is 0 Å². The number of thiocarbonyl (C=S) groups is 1. The number of carbonyl (C=O) groups is 1. The molecule has 6 nitrogen and oxygen atoms in total. The average Bonchev–Trinajstić information content (AvgIpc) is 2.59. The first-order valence-corrected chi connectivity index (χ1v) is 10.5. The van der Waals surface area contributed by atoms with Crippen LogP contribution >= 0.6 is 35.4 Å². The fraction of sp³-hybridized carbons (Fsp3) is 0.176. The zero-order chi connectivity index (χ0) is 20.0. The zero-order valence-corrected chi connectivity index (χ0v) is 17.4. The predicted octanol–water partition coefficient (Wildman–Crippen LogP) is 3.81. The molecule has 3 N–H and O–H groups in total. The van der Waals surface area contributed by atoms with E-state index in [0.29, 0.717) is 28.7 Å². The molecule has 0 heterocycles. The summed E-state index contributed by atoms with van der Waals surface area (Å²) in [5.41, 5.74) is 0.791. The lowest BCUT2D eigenvalue weighted by atomic mass is 10.2. The van der Waals surface area contributed by atoms with Gasteiger partial charge in [-0.15, -0.1) is 0 Å². The van der Waals surface area contributed by atoms with Gasteiger partial charge >= 0.3 is 0 Å². The number of anilines is 1. The molecule has 0 atom stereocenters. The first-order chi connectivity index (χ1) is 12.7. The normalized spacial score (nSPS) is 11.1. The van der Waals surface area contributed by atoms with Gasteiger partial charge in [-0.05, 0) is 61.1 Å². The molecule has 0 fully saturated rings. The molecule has 0 aliphatic heterocycles. The summed E-state index contributed by atoms with van der Waals surface area (Å²) in [4.78, 5) is 12.3. The predicted molar refractivity (Wildman–Crippen MR) is 112 cm³/mol. The van der Waals surface area contributed by atoms with Crippen molar-refractivity contribution in [2.24, 2.45) is 0 Å². The van der Waals surface area contributed by atoms with E-state index in [9.17, 15) is 13.2 Å². The molecule has 2 aromatic rings. The standard InChI is InChI=1S/C17H17Cl2N3O3S2/c1-2-7-20-27(24,25)15-5-3-14(4-6-15)21-17(26)22-16(23)11-8-12(18)10-13(19)9-11/h3-6,8-10,20H,2,7H2,1H3,(H2,21,22,23,26). The van der Waals surface area contributed by atoms with Gasteiger partial charge in [-0.3, -0.25) is 10.1 Å². The van der Waals surface area contributed by atoms with Crippen molar-refractivity contribution < 1.29 is 13.2 Å². The lowest BCUT2D eigenvalue weighted by Gasteiger charge is -2.11. The zero-order valence-electron chi connectivity index (χ0n) is 14.3. The molecular weight excluding hydrogens is 429 g/mol. The van der Waals surface area contributed by atoms with Gasteiger partial charge in [0.2, 0.25) is 10.0 Å². The van der Waals surface area contributed by atoms with Crippen molar-refractivity contribution in [1.82, 2.24) is 10.0 Å². The van der Waals surface area contributed by atoms with Crippen LogP contribution in [0.25, 0.3) is 0 Å². The molecule has 0 aliphatic carbocycles. The van der Waals surface area contributed by atoms with Crippen molar-refractivity contribution in [2.75, 3.05) is 11.9 Å². The molecule has 0 saturated carbocycles. The van der Waals surface area contributed by atoms with E-state index in [1.807, 2.05) is 6.92 Å². The highest BCUT2D eigenvalue weighted by Gasteiger charge is 2.13. The van der Waals surface area contributed by atoms with Gasteiger partial charge in [-0.25, -0.2) is 13.1 Å². The molecule has 0 unspecified atom stereocenters. The summed E-state index contributed by atoms with van der Waals surface area (Å²) in [5.74, 6) is -0.472. The van der Waals surface area contributed by atoms with E-state index in [4.69, 9.17) is 35.4 Å². The summed E-state index contributed by atoms with van der Waals surface area (Å²) >= 11 is 16.9. The molecule has 1 amide bonds. The molecule has 0 spiro atoms. The van der Waals surface area contributed by atoms with Gasteiger partial charge in [0.15, 0.2) is 5.11 Å². The van der Waals surface area contributed by atoms with Gasteiger partial charge < -0.3 is 5.32 Å². The summed E-state index contributed by atoms with van der Waals surface area (Å²) in [6, 6.07) is 10.4. The van der Waals surface area contributed by atoms with Gasteiger partial charge in [-0.1, -0.05) is 30.1 Å². The minimum atomic E-state index is -3.54. The minimum Gasteiger partial charge on any atom is -0.332 e. The lowest BCUT2D eigenvalue weighted by molar-refractivity contribution is 0.0977. The number of hydrogen-bond acceptors (Lipinski definition) is 4. The average molecular weight is 446 g/mol. The van der Waals surface area contributed by atoms with Crippen molar-refractivity contribution in [1.29, 1.82) is 0 Å². The van der Waals surface area contributed by atoms with Crippen LogP contribution in [0.15, 0.2) is 47.4 Å². The molecule has 0 saturated heterocycles. The minimum absolute atomic E-state index is 0.0517. The number of carbonyl (C=O) groups excluding carboxylic acids is 1. The monoisotopic (exact) mass is 445 g/mol. The van der Waals surface area contributed by atoms with E-state index in [0.717, 1.165) is 0 Å². The summed E-state index contributed by atoms with van der Waals surface area (Å²) in [5, 5.41) is 6.04. The Kier molecular flexibility index (Phi) is 7.58. The van der Waals surface area contributed by atoms with Crippen LogP contribution in [0.4, 0.5) is 5.69 Å². The topological polar surface area (TPSA) is 87.3 Å². The third-order valence-corrected chi connectivity index (χ3v) is 5.43. The van der Waals surface area contributed by atoms with Gasteiger partial charge in [0.05, 0.1) is 4.90 Å². The van der Waals surface area contributed by atoms with Crippen molar-refractivity contribution in [3.05, 3.63) is 58.1 Å². The smallest absolute Gasteiger partial charge is 0.257 e. The van der Waals surface area contributed by atoms with Gasteiger partial charge in [0.25, 0.3) is 5.91 Å². The Labute approximate surface area is 173 Å². The second-order valence-corrected chi connectivity index (χ2v) is 8.54. The Hall–Kier alpha value is -1.71. The molecule has 0 bridgehead atoms. The molecule has 2 rings (SSSR count). The molecule has 0 aliphatic rings. The molecular formula is C17H17Cl2N3O3S2. The van der Waals surface area contributed by atoms with E-state index in [1.54, 1.807) is 12.1 Å². The summed E-state index contributed by atoms with van der Waals surface area (Å²) in [7, 11) is -3.54. The Morgan fingerprint density at radius 1 is 1.07 bits per heavy atom. The maximum absolute atomic E-state index is 12.2. The second-order valence-electron chi connectivity index (χ2n) is 5.49. The quantitative estimate of drug-likeness (QED) is 0.588. The first kappa shape index (κ1) is 21.6. The number of nitrogens with one attached hydrogen (secondary N) is 3. The number of halogens is 2. The van der Waals surface area contributed by atoms with Crippen molar-refractivity contribution in [3.63, 3.8) is 0 Å². The number of amides is 1. The molecule has 144 valence electrons. The summed E-state index contributed by atoms with van der Waals surface area (Å²) in [6.07, 6.45) is 0.699. The Bertz CT molecular complexity index is 928. The first-order valence-electron chi connectivity index (χ1n) is 7.89. The maximum Gasteiger partial charge on any atom is 0.257 e. The largest absolute Gasteiger partial charge is 0.332 e. The Morgan fingerprint density at radius 2 is 1.67 bits per heavy atom. The number of sulfonamides is 1. The van der Waals surface area contributed by atoms with Crippen LogP contribution in [-0.4, -0.2) is 26.0 Å². The van der Waals surface area contributed by atoms with Crippen molar-refractivity contribution >= 4 is 62.2 Å². The molecule has 0 aromatic heterocycles. The van der Waals surface area contributed by atoms with Crippen LogP contribution in [0.2, 0.25) is 10.0 Å². The van der Waals surface area contributed by atoms with Crippen LogP contribution in [0.1, 0.15) is 23.7 Å².